The first-order valence-electron chi connectivity index (χ1n) is 8.14. The highest BCUT2D eigenvalue weighted by Gasteiger charge is 2.22. The number of methoxy groups -OCH3 is 1. The van der Waals surface area contributed by atoms with Gasteiger partial charge in [-0.15, -0.1) is 0 Å². The second kappa shape index (κ2) is 6.95. The van der Waals surface area contributed by atoms with E-state index in [1.54, 1.807) is 7.11 Å². The van der Waals surface area contributed by atoms with Crippen molar-refractivity contribution < 1.29 is 4.74 Å². The molecule has 1 aromatic carbocycles. The van der Waals surface area contributed by atoms with Gasteiger partial charge in [-0.25, -0.2) is 4.98 Å². The number of aromatic amines is 1. The van der Waals surface area contributed by atoms with Crippen molar-refractivity contribution in [3.8, 4) is 5.75 Å². The van der Waals surface area contributed by atoms with Crippen molar-refractivity contribution in [1.29, 1.82) is 0 Å². The summed E-state index contributed by atoms with van der Waals surface area (Å²) in [6, 6.07) is 5.80. The molecule has 0 saturated heterocycles. The first-order valence-corrected chi connectivity index (χ1v) is 8.52. The van der Waals surface area contributed by atoms with Gasteiger partial charge in [0, 0.05) is 32.0 Å². The van der Waals surface area contributed by atoms with E-state index in [4.69, 9.17) is 16.3 Å². The molecule has 2 heterocycles. The average molecular weight is 348 g/mol. The van der Waals surface area contributed by atoms with Crippen molar-refractivity contribution in [1.82, 2.24) is 14.9 Å². The van der Waals surface area contributed by atoms with Crippen LogP contribution >= 0.6 is 11.6 Å². The summed E-state index contributed by atoms with van der Waals surface area (Å²) in [4.78, 5) is 22.2. The van der Waals surface area contributed by atoms with E-state index in [-0.39, 0.29) is 11.5 Å². The third kappa shape index (κ3) is 3.47. The molecule has 0 unspecified atom stereocenters. The van der Waals surface area contributed by atoms with Crippen LogP contribution in [0.5, 0.6) is 5.75 Å². The van der Waals surface area contributed by atoms with Crippen LogP contribution in [0.1, 0.15) is 42.4 Å². The molecule has 2 aromatic rings. The summed E-state index contributed by atoms with van der Waals surface area (Å²) in [5, 5.41) is 0.605. The molecule has 0 bridgehead atoms. The normalized spacial score (nSPS) is 14.7. The largest absolute Gasteiger partial charge is 0.495 e. The molecular weight excluding hydrogens is 326 g/mol. The smallest absolute Gasteiger partial charge is 0.255 e. The lowest BCUT2D eigenvalue weighted by molar-refractivity contribution is 0.241. The minimum atomic E-state index is -0.0128. The highest BCUT2D eigenvalue weighted by molar-refractivity contribution is 6.32. The Morgan fingerprint density at radius 2 is 2.21 bits per heavy atom. The summed E-state index contributed by atoms with van der Waals surface area (Å²) in [7, 11) is 1.60. The summed E-state index contributed by atoms with van der Waals surface area (Å²) in [5.74, 6) is 1.67. The van der Waals surface area contributed by atoms with E-state index in [1.807, 2.05) is 32.0 Å². The molecule has 0 spiro atoms. The Morgan fingerprint density at radius 3 is 2.88 bits per heavy atom. The number of ether oxygens (including phenoxy) is 1. The van der Waals surface area contributed by atoms with Crippen LogP contribution in [0, 0.1) is 0 Å². The van der Waals surface area contributed by atoms with Gasteiger partial charge in [-0.05, 0) is 17.7 Å². The zero-order chi connectivity index (χ0) is 17.3. The van der Waals surface area contributed by atoms with Gasteiger partial charge in [-0.3, -0.25) is 9.69 Å². The topological polar surface area (TPSA) is 58.2 Å². The molecule has 128 valence electrons. The quantitative estimate of drug-likeness (QED) is 0.923. The predicted molar refractivity (Wildman–Crippen MR) is 94.8 cm³/mol. The minimum absolute atomic E-state index is 0.0128. The predicted octanol–water partition coefficient (Wildman–Crippen LogP) is 3.11. The van der Waals surface area contributed by atoms with Crippen LogP contribution in [0.4, 0.5) is 0 Å². The standard InChI is InChI=1S/C18H22ClN3O2/c1-11(2)17-20-15-6-7-22(10-13(15)18(23)21-17)9-12-4-5-16(24-3)14(19)8-12/h4-5,8,11H,6-7,9-10H2,1-3H3,(H,20,21,23). The fourth-order valence-corrected chi connectivity index (χ4v) is 3.26. The zero-order valence-corrected chi connectivity index (χ0v) is 15.0. The fourth-order valence-electron chi connectivity index (χ4n) is 2.98. The first kappa shape index (κ1) is 17.0. The van der Waals surface area contributed by atoms with E-state index in [2.05, 4.69) is 14.9 Å². The lowest BCUT2D eigenvalue weighted by atomic mass is 10.0. The van der Waals surface area contributed by atoms with Crippen molar-refractivity contribution in [3.63, 3.8) is 0 Å². The summed E-state index contributed by atoms with van der Waals surface area (Å²) < 4.78 is 5.18. The Morgan fingerprint density at radius 1 is 1.42 bits per heavy atom. The molecule has 24 heavy (non-hydrogen) atoms. The molecule has 0 atom stereocenters. The molecule has 5 nitrogen and oxygen atoms in total. The number of nitrogens with one attached hydrogen (secondary N) is 1. The Balaban J connectivity index is 1.78. The average Bonchev–Trinajstić information content (AvgIpc) is 2.55. The molecule has 0 aliphatic carbocycles. The van der Waals surface area contributed by atoms with Crippen LogP contribution < -0.4 is 10.3 Å². The molecule has 6 heteroatoms. The van der Waals surface area contributed by atoms with Crippen LogP contribution in [0.15, 0.2) is 23.0 Å². The number of hydrogen-bond acceptors (Lipinski definition) is 4. The van der Waals surface area contributed by atoms with E-state index >= 15 is 0 Å². The number of rotatable bonds is 4. The number of hydrogen-bond donors (Lipinski definition) is 1. The minimum Gasteiger partial charge on any atom is -0.495 e. The number of fused-ring (bicyclic) bond motifs is 1. The SMILES string of the molecule is COc1ccc(CN2CCc3nc(C(C)C)[nH]c(=O)c3C2)cc1Cl. The Labute approximate surface area is 146 Å². The fraction of sp³-hybridized carbons (Fsp3) is 0.444. The number of nitrogens with zero attached hydrogens (tertiary/aromatic N) is 2. The maximum absolute atomic E-state index is 12.4. The van der Waals surface area contributed by atoms with E-state index in [1.165, 1.54) is 0 Å². The lowest BCUT2D eigenvalue weighted by Crippen LogP contribution is -2.35. The second-order valence-corrected chi connectivity index (χ2v) is 6.87. The van der Waals surface area contributed by atoms with Crippen LogP contribution in [-0.2, 0) is 19.5 Å². The monoisotopic (exact) mass is 347 g/mol. The van der Waals surface area contributed by atoms with Crippen molar-refractivity contribution in [2.24, 2.45) is 0 Å². The molecule has 0 saturated carbocycles. The second-order valence-electron chi connectivity index (χ2n) is 6.46. The number of halogens is 1. The zero-order valence-electron chi connectivity index (χ0n) is 14.2. The van der Waals surface area contributed by atoms with E-state index in [0.29, 0.717) is 17.3 Å². The van der Waals surface area contributed by atoms with Gasteiger partial charge in [0.15, 0.2) is 0 Å². The third-order valence-electron chi connectivity index (χ3n) is 4.34. The molecule has 1 N–H and O–H groups in total. The van der Waals surface area contributed by atoms with E-state index in [0.717, 1.165) is 42.2 Å². The van der Waals surface area contributed by atoms with Crippen LogP contribution in [-0.4, -0.2) is 28.5 Å². The van der Waals surface area contributed by atoms with Gasteiger partial charge in [0.2, 0.25) is 0 Å². The van der Waals surface area contributed by atoms with E-state index in [9.17, 15) is 4.79 Å². The van der Waals surface area contributed by atoms with Crippen LogP contribution in [0.25, 0.3) is 0 Å². The Hall–Kier alpha value is -1.85. The van der Waals surface area contributed by atoms with Crippen molar-refractivity contribution in [3.05, 3.63) is 56.2 Å². The van der Waals surface area contributed by atoms with Crippen molar-refractivity contribution >= 4 is 11.6 Å². The van der Waals surface area contributed by atoms with Crippen LogP contribution in [0.3, 0.4) is 0 Å². The summed E-state index contributed by atoms with van der Waals surface area (Å²) in [6.45, 7) is 6.30. The highest BCUT2D eigenvalue weighted by Crippen LogP contribution is 2.26. The van der Waals surface area contributed by atoms with Gasteiger partial charge < -0.3 is 9.72 Å². The Bertz CT molecular complexity index is 801. The third-order valence-corrected chi connectivity index (χ3v) is 4.63. The highest BCUT2D eigenvalue weighted by atomic mass is 35.5. The lowest BCUT2D eigenvalue weighted by Gasteiger charge is -2.28. The van der Waals surface area contributed by atoms with Gasteiger partial charge in [0.05, 0.1) is 23.4 Å². The number of H-pyrrole nitrogens is 1. The van der Waals surface area contributed by atoms with Gasteiger partial charge in [0.25, 0.3) is 5.56 Å². The van der Waals surface area contributed by atoms with Gasteiger partial charge in [-0.2, -0.15) is 0 Å². The van der Waals surface area contributed by atoms with Crippen LogP contribution in [0.2, 0.25) is 5.02 Å². The molecule has 1 aliphatic rings. The first-order chi connectivity index (χ1) is 11.5. The summed E-state index contributed by atoms with van der Waals surface area (Å²) >= 11 is 6.19. The van der Waals surface area contributed by atoms with Gasteiger partial charge in [0.1, 0.15) is 11.6 Å². The number of aromatic nitrogens is 2. The molecule has 3 rings (SSSR count). The van der Waals surface area contributed by atoms with Gasteiger partial charge in [-0.1, -0.05) is 31.5 Å². The molecular formula is C18H22ClN3O2. The summed E-state index contributed by atoms with van der Waals surface area (Å²) in [5.41, 5.74) is 2.81. The molecule has 0 radical (unpaired) electrons. The van der Waals surface area contributed by atoms with E-state index < -0.39 is 0 Å². The molecule has 0 fully saturated rings. The molecule has 1 aromatic heterocycles. The maximum Gasteiger partial charge on any atom is 0.255 e. The van der Waals surface area contributed by atoms with Gasteiger partial charge >= 0.3 is 0 Å². The maximum atomic E-state index is 12.4. The van der Waals surface area contributed by atoms with Crippen molar-refractivity contribution in [2.75, 3.05) is 13.7 Å². The summed E-state index contributed by atoms with van der Waals surface area (Å²) in [6.07, 6.45) is 0.795. The Kier molecular flexibility index (Phi) is 4.92. The molecule has 1 aliphatic heterocycles. The van der Waals surface area contributed by atoms with Crippen molar-refractivity contribution in [2.45, 2.75) is 39.3 Å². The molecule has 0 amide bonds. The number of benzene rings is 1.